The molecule has 1 amide bonds. The van der Waals surface area contributed by atoms with Crippen molar-refractivity contribution >= 4 is 17.7 Å². The van der Waals surface area contributed by atoms with Crippen LogP contribution < -0.4 is 5.06 Å². The first-order chi connectivity index (χ1) is 10.6. The number of amides is 1. The summed E-state index contributed by atoms with van der Waals surface area (Å²) in [6, 6.07) is 9.86. The molecule has 1 heterocycles. The van der Waals surface area contributed by atoms with E-state index in [1.807, 2.05) is 6.92 Å². The summed E-state index contributed by atoms with van der Waals surface area (Å²) in [6.45, 7) is 1.83. The van der Waals surface area contributed by atoms with E-state index in [-0.39, 0.29) is 17.8 Å². The molecule has 0 atom stereocenters. The van der Waals surface area contributed by atoms with Gasteiger partial charge in [-0.2, -0.15) is 0 Å². The van der Waals surface area contributed by atoms with Gasteiger partial charge in [-0.3, -0.25) is 4.79 Å². The summed E-state index contributed by atoms with van der Waals surface area (Å²) in [5.41, 5.74) is 0.191. The van der Waals surface area contributed by atoms with Gasteiger partial charge in [0.2, 0.25) is 0 Å². The van der Waals surface area contributed by atoms with E-state index in [2.05, 4.69) is 4.98 Å². The molecule has 0 aliphatic rings. The van der Waals surface area contributed by atoms with Gasteiger partial charge in [-0.25, -0.2) is 14.2 Å². The van der Waals surface area contributed by atoms with Crippen LogP contribution in [0.4, 0.5) is 10.2 Å². The number of hydrogen-bond donors (Lipinski definition) is 0. The Bertz CT molecular complexity index is 644. The second-order valence-corrected chi connectivity index (χ2v) is 4.51. The van der Waals surface area contributed by atoms with Crippen molar-refractivity contribution in [3.8, 4) is 0 Å². The highest BCUT2D eigenvalue weighted by atomic mass is 19.1. The zero-order chi connectivity index (χ0) is 15.9. The van der Waals surface area contributed by atoms with Crippen molar-refractivity contribution in [2.45, 2.75) is 19.8 Å². The maximum Gasteiger partial charge on any atom is 0.333 e. The van der Waals surface area contributed by atoms with E-state index in [9.17, 15) is 14.0 Å². The number of nitrogens with zero attached hydrogens (tertiary/aromatic N) is 2. The Kier molecular flexibility index (Phi) is 5.19. The van der Waals surface area contributed by atoms with E-state index in [1.165, 1.54) is 18.3 Å². The van der Waals surface area contributed by atoms with E-state index in [4.69, 9.17) is 4.84 Å². The molecule has 0 saturated carbocycles. The van der Waals surface area contributed by atoms with Crippen molar-refractivity contribution in [3.63, 3.8) is 0 Å². The topological polar surface area (TPSA) is 59.5 Å². The molecule has 22 heavy (non-hydrogen) atoms. The second kappa shape index (κ2) is 7.31. The SMILES string of the molecule is CCCC(=O)ON(C(=O)c1ccc(F)cc1)c1ccccn1. The molecule has 0 fully saturated rings. The van der Waals surface area contributed by atoms with Crippen LogP contribution in [0.25, 0.3) is 0 Å². The highest BCUT2D eigenvalue weighted by Crippen LogP contribution is 2.16. The molecule has 1 aromatic carbocycles. The fourth-order valence-electron chi connectivity index (χ4n) is 1.73. The predicted molar refractivity (Wildman–Crippen MR) is 78.4 cm³/mol. The summed E-state index contributed by atoms with van der Waals surface area (Å²) in [5.74, 6) is -1.41. The Morgan fingerprint density at radius 2 is 1.91 bits per heavy atom. The van der Waals surface area contributed by atoms with Crippen LogP contribution in [0.1, 0.15) is 30.1 Å². The summed E-state index contributed by atoms with van der Waals surface area (Å²) < 4.78 is 13.0. The van der Waals surface area contributed by atoms with Crippen LogP contribution in [0, 0.1) is 5.82 Å². The number of aromatic nitrogens is 1. The third-order valence-corrected chi connectivity index (χ3v) is 2.78. The van der Waals surface area contributed by atoms with Gasteiger partial charge in [-0.15, -0.1) is 5.06 Å². The lowest BCUT2D eigenvalue weighted by Crippen LogP contribution is -2.34. The van der Waals surface area contributed by atoms with Gasteiger partial charge < -0.3 is 4.84 Å². The molecule has 0 saturated heterocycles. The van der Waals surface area contributed by atoms with E-state index in [1.54, 1.807) is 18.2 Å². The van der Waals surface area contributed by atoms with Gasteiger partial charge in [-0.05, 0) is 42.8 Å². The van der Waals surface area contributed by atoms with E-state index in [0.717, 1.165) is 17.2 Å². The van der Waals surface area contributed by atoms with Crippen LogP contribution in [-0.2, 0) is 9.63 Å². The third kappa shape index (κ3) is 3.88. The van der Waals surface area contributed by atoms with Crippen molar-refractivity contribution in [3.05, 3.63) is 60.0 Å². The fourth-order valence-corrected chi connectivity index (χ4v) is 1.73. The van der Waals surface area contributed by atoms with Gasteiger partial charge >= 0.3 is 5.97 Å². The first kappa shape index (κ1) is 15.6. The highest BCUT2D eigenvalue weighted by Gasteiger charge is 2.23. The quantitative estimate of drug-likeness (QED) is 0.814. The first-order valence-electron chi connectivity index (χ1n) is 6.83. The molecule has 6 heteroatoms. The third-order valence-electron chi connectivity index (χ3n) is 2.78. The molecular formula is C16H15FN2O3. The second-order valence-electron chi connectivity index (χ2n) is 4.51. The molecule has 5 nitrogen and oxygen atoms in total. The van der Waals surface area contributed by atoms with Crippen LogP contribution in [0.15, 0.2) is 48.7 Å². The number of pyridine rings is 1. The molecule has 2 aromatic rings. The van der Waals surface area contributed by atoms with Gasteiger partial charge in [0.25, 0.3) is 5.91 Å². The molecular weight excluding hydrogens is 287 g/mol. The lowest BCUT2D eigenvalue weighted by atomic mass is 10.2. The van der Waals surface area contributed by atoms with Gasteiger partial charge in [0.1, 0.15) is 5.82 Å². The van der Waals surface area contributed by atoms with Crippen molar-refractivity contribution in [2.24, 2.45) is 0 Å². The minimum absolute atomic E-state index is 0.181. The number of rotatable bonds is 4. The summed E-state index contributed by atoms with van der Waals surface area (Å²) in [5, 5.41) is 0.825. The highest BCUT2D eigenvalue weighted by molar-refractivity contribution is 6.05. The Hall–Kier alpha value is -2.76. The van der Waals surface area contributed by atoms with Crippen LogP contribution >= 0.6 is 0 Å². The first-order valence-corrected chi connectivity index (χ1v) is 6.83. The van der Waals surface area contributed by atoms with Gasteiger partial charge in [0.15, 0.2) is 5.82 Å². The average Bonchev–Trinajstić information content (AvgIpc) is 2.54. The maximum atomic E-state index is 13.0. The monoisotopic (exact) mass is 302 g/mol. The molecule has 114 valence electrons. The summed E-state index contributed by atoms with van der Waals surface area (Å²) >= 11 is 0. The number of hydrogen-bond acceptors (Lipinski definition) is 4. The number of hydroxylamine groups is 1. The number of carbonyl (C=O) groups is 2. The van der Waals surface area contributed by atoms with Crippen molar-refractivity contribution in [2.75, 3.05) is 5.06 Å². The minimum atomic E-state index is -0.594. The number of benzene rings is 1. The van der Waals surface area contributed by atoms with Crippen molar-refractivity contribution < 1.29 is 18.8 Å². The Balaban J connectivity index is 2.29. The molecule has 1 aromatic heterocycles. The van der Waals surface area contributed by atoms with Crippen LogP contribution in [0.2, 0.25) is 0 Å². The lowest BCUT2D eigenvalue weighted by Gasteiger charge is -2.20. The zero-order valence-corrected chi connectivity index (χ0v) is 12.0. The Labute approximate surface area is 127 Å². The number of anilines is 1. The van der Waals surface area contributed by atoms with Crippen molar-refractivity contribution in [1.82, 2.24) is 4.98 Å². The van der Waals surface area contributed by atoms with Crippen LogP contribution in [-0.4, -0.2) is 16.9 Å². The lowest BCUT2D eigenvalue weighted by molar-refractivity contribution is -0.144. The standard InChI is InChI=1S/C16H15FN2O3/c1-2-5-15(20)22-19(14-6-3-4-11-18-14)16(21)12-7-9-13(17)10-8-12/h3-4,6-11H,2,5H2,1H3. The smallest absolute Gasteiger partial charge is 0.331 e. The molecule has 0 spiro atoms. The Morgan fingerprint density at radius 1 is 1.18 bits per heavy atom. The largest absolute Gasteiger partial charge is 0.333 e. The summed E-state index contributed by atoms with van der Waals surface area (Å²) in [4.78, 5) is 33.3. The fraction of sp³-hybridized carbons (Fsp3) is 0.188. The average molecular weight is 302 g/mol. The molecule has 0 bridgehead atoms. The summed E-state index contributed by atoms with van der Waals surface area (Å²) in [6.07, 6.45) is 2.26. The van der Waals surface area contributed by atoms with Gasteiger partial charge in [-0.1, -0.05) is 13.0 Å². The normalized spacial score (nSPS) is 10.1. The maximum absolute atomic E-state index is 13.0. The molecule has 0 aliphatic carbocycles. The molecule has 0 aliphatic heterocycles. The van der Waals surface area contributed by atoms with Crippen LogP contribution in [0.3, 0.4) is 0 Å². The molecule has 0 unspecified atom stereocenters. The zero-order valence-electron chi connectivity index (χ0n) is 12.0. The van der Waals surface area contributed by atoms with Gasteiger partial charge in [0.05, 0.1) is 0 Å². The minimum Gasteiger partial charge on any atom is -0.331 e. The van der Waals surface area contributed by atoms with Gasteiger partial charge in [0, 0.05) is 18.2 Å². The molecule has 0 radical (unpaired) electrons. The van der Waals surface area contributed by atoms with E-state index < -0.39 is 17.7 Å². The number of halogens is 1. The Morgan fingerprint density at radius 3 is 2.50 bits per heavy atom. The molecule has 0 N–H and O–H groups in total. The van der Waals surface area contributed by atoms with E-state index in [0.29, 0.717) is 6.42 Å². The molecule has 2 rings (SSSR count). The van der Waals surface area contributed by atoms with Crippen molar-refractivity contribution in [1.29, 1.82) is 0 Å². The van der Waals surface area contributed by atoms with E-state index >= 15 is 0 Å². The predicted octanol–water partition coefficient (Wildman–Crippen LogP) is 3.13. The summed E-state index contributed by atoms with van der Waals surface area (Å²) in [7, 11) is 0. The number of carbonyl (C=O) groups excluding carboxylic acids is 2. The van der Waals surface area contributed by atoms with Crippen LogP contribution in [0.5, 0.6) is 0 Å².